The van der Waals surface area contributed by atoms with E-state index < -0.39 is 11.8 Å². The van der Waals surface area contributed by atoms with E-state index in [0.717, 1.165) is 42.7 Å². The van der Waals surface area contributed by atoms with Gasteiger partial charge in [-0.1, -0.05) is 6.07 Å². The van der Waals surface area contributed by atoms with Gasteiger partial charge in [-0.25, -0.2) is 14.2 Å². The smallest absolute Gasteiger partial charge is 0.319 e. The van der Waals surface area contributed by atoms with Gasteiger partial charge in [0.05, 0.1) is 5.69 Å². The summed E-state index contributed by atoms with van der Waals surface area (Å²) >= 11 is 0. The van der Waals surface area contributed by atoms with Crippen molar-refractivity contribution in [3.05, 3.63) is 65.9 Å². The molecule has 1 saturated heterocycles. The van der Waals surface area contributed by atoms with Gasteiger partial charge < -0.3 is 15.0 Å². The van der Waals surface area contributed by atoms with Crippen LogP contribution in [0.2, 0.25) is 0 Å². The van der Waals surface area contributed by atoms with Crippen LogP contribution in [-0.2, 0) is 6.54 Å². The lowest BCUT2D eigenvalue weighted by Gasteiger charge is -2.41. The van der Waals surface area contributed by atoms with Crippen molar-refractivity contribution in [1.82, 2.24) is 19.6 Å². The molecule has 2 N–H and O–H groups in total. The van der Waals surface area contributed by atoms with Gasteiger partial charge in [-0.15, -0.1) is 0 Å². The molecule has 0 aliphatic carbocycles. The van der Waals surface area contributed by atoms with Gasteiger partial charge in [0.15, 0.2) is 0 Å². The van der Waals surface area contributed by atoms with Crippen LogP contribution in [0, 0.1) is 5.82 Å². The SMILES string of the molecule is CC(C)(C)N1CCC(c2ccc(NC(=O)NCc3ccn4ccnc4c3)c(F)c2)CC1. The van der Waals surface area contributed by atoms with Gasteiger partial charge in [-0.2, -0.15) is 0 Å². The summed E-state index contributed by atoms with van der Waals surface area (Å²) in [6.07, 6.45) is 7.51. The van der Waals surface area contributed by atoms with E-state index in [4.69, 9.17) is 0 Å². The summed E-state index contributed by atoms with van der Waals surface area (Å²) in [5.41, 5.74) is 3.10. The molecule has 0 saturated carbocycles. The summed E-state index contributed by atoms with van der Waals surface area (Å²) < 4.78 is 16.6. The van der Waals surface area contributed by atoms with Gasteiger partial charge in [-0.3, -0.25) is 4.90 Å². The topological polar surface area (TPSA) is 61.7 Å². The van der Waals surface area contributed by atoms with Crippen molar-refractivity contribution in [1.29, 1.82) is 0 Å². The first-order valence-electron chi connectivity index (χ1n) is 10.8. The zero-order valence-corrected chi connectivity index (χ0v) is 18.4. The Labute approximate surface area is 182 Å². The highest BCUT2D eigenvalue weighted by atomic mass is 19.1. The third-order valence-electron chi connectivity index (χ3n) is 6.07. The number of benzene rings is 1. The van der Waals surface area contributed by atoms with Gasteiger partial charge >= 0.3 is 6.03 Å². The van der Waals surface area contributed by atoms with Gasteiger partial charge in [0.1, 0.15) is 11.5 Å². The number of piperidine rings is 1. The lowest BCUT2D eigenvalue weighted by Crippen LogP contribution is -2.45. The number of anilines is 1. The first-order valence-corrected chi connectivity index (χ1v) is 10.8. The van der Waals surface area contributed by atoms with Crippen molar-refractivity contribution >= 4 is 17.4 Å². The third-order valence-corrected chi connectivity index (χ3v) is 6.07. The van der Waals surface area contributed by atoms with Crippen LogP contribution in [0.3, 0.4) is 0 Å². The van der Waals surface area contributed by atoms with E-state index >= 15 is 0 Å². The quantitative estimate of drug-likeness (QED) is 0.635. The standard InChI is InChI=1S/C24H30FN5O/c1-24(2,3)30-11-7-18(8-12-30)19-4-5-21(20(25)15-19)28-23(31)27-16-17-6-10-29-13-9-26-22(29)14-17/h4-6,9-10,13-15,18H,7-8,11-12,16H2,1-3H3,(H2,27,28,31). The highest BCUT2D eigenvalue weighted by Crippen LogP contribution is 2.32. The molecule has 2 amide bonds. The average molecular weight is 424 g/mol. The van der Waals surface area contributed by atoms with Crippen LogP contribution in [0.1, 0.15) is 50.7 Å². The molecule has 0 bridgehead atoms. The Morgan fingerprint density at radius 2 is 1.94 bits per heavy atom. The monoisotopic (exact) mass is 423 g/mol. The van der Waals surface area contributed by atoms with Crippen molar-refractivity contribution in [3.63, 3.8) is 0 Å². The molecule has 6 nitrogen and oxygen atoms in total. The number of amides is 2. The number of imidazole rings is 1. The van der Waals surface area contributed by atoms with Gasteiger partial charge in [0.25, 0.3) is 0 Å². The Kier molecular flexibility index (Phi) is 5.96. The van der Waals surface area contributed by atoms with Crippen LogP contribution in [0.15, 0.2) is 48.9 Å². The maximum absolute atomic E-state index is 14.7. The Balaban J connectivity index is 1.32. The molecular weight excluding hydrogens is 393 g/mol. The van der Waals surface area contributed by atoms with Crippen LogP contribution in [-0.4, -0.2) is 38.9 Å². The number of pyridine rings is 1. The maximum Gasteiger partial charge on any atom is 0.319 e. The van der Waals surface area contributed by atoms with Crippen LogP contribution >= 0.6 is 0 Å². The summed E-state index contributed by atoms with van der Waals surface area (Å²) in [4.78, 5) is 19.0. The van der Waals surface area contributed by atoms with Crippen molar-refractivity contribution in [2.75, 3.05) is 18.4 Å². The van der Waals surface area contributed by atoms with E-state index in [1.54, 1.807) is 18.3 Å². The molecule has 0 radical (unpaired) electrons. The normalized spacial score (nSPS) is 15.9. The zero-order valence-electron chi connectivity index (χ0n) is 18.4. The molecule has 1 fully saturated rings. The number of nitrogens with zero attached hydrogens (tertiary/aromatic N) is 3. The van der Waals surface area contributed by atoms with E-state index in [9.17, 15) is 9.18 Å². The van der Waals surface area contributed by atoms with Crippen LogP contribution < -0.4 is 10.6 Å². The van der Waals surface area contributed by atoms with Crippen LogP contribution in [0.4, 0.5) is 14.9 Å². The molecule has 0 atom stereocenters. The van der Waals surface area contributed by atoms with Gasteiger partial charge in [0, 0.05) is 30.7 Å². The molecular formula is C24H30FN5O. The molecule has 7 heteroatoms. The molecule has 164 valence electrons. The summed E-state index contributed by atoms with van der Waals surface area (Å²) in [6, 6.07) is 8.54. The average Bonchev–Trinajstić information content (AvgIpc) is 3.21. The Morgan fingerprint density at radius 1 is 1.16 bits per heavy atom. The molecule has 3 heterocycles. The number of urea groups is 1. The third kappa shape index (κ3) is 5.05. The molecule has 0 spiro atoms. The van der Waals surface area contributed by atoms with Gasteiger partial charge in [-0.05, 0) is 88.0 Å². The Hall–Kier alpha value is -2.93. The minimum absolute atomic E-state index is 0.168. The number of halogens is 1. The fraction of sp³-hybridized carbons (Fsp3) is 0.417. The number of carbonyl (C=O) groups excluding carboxylic acids is 1. The number of fused-ring (bicyclic) bond motifs is 1. The summed E-state index contributed by atoms with van der Waals surface area (Å²) in [5, 5.41) is 5.38. The molecule has 4 rings (SSSR count). The first-order chi connectivity index (χ1) is 14.8. The lowest BCUT2D eigenvalue weighted by atomic mass is 9.87. The molecule has 31 heavy (non-hydrogen) atoms. The second-order valence-corrected chi connectivity index (χ2v) is 9.21. The fourth-order valence-corrected chi connectivity index (χ4v) is 4.18. The number of hydrogen-bond acceptors (Lipinski definition) is 3. The summed E-state index contributed by atoms with van der Waals surface area (Å²) in [5.74, 6) is -0.0433. The molecule has 3 aromatic rings. The highest BCUT2D eigenvalue weighted by molar-refractivity contribution is 5.89. The fourth-order valence-electron chi connectivity index (χ4n) is 4.18. The second-order valence-electron chi connectivity index (χ2n) is 9.21. The maximum atomic E-state index is 14.7. The first kappa shape index (κ1) is 21.3. The van der Waals surface area contributed by atoms with E-state index in [1.165, 1.54) is 0 Å². The number of aromatic nitrogens is 2. The largest absolute Gasteiger partial charge is 0.334 e. The number of nitrogens with one attached hydrogen (secondary N) is 2. The molecule has 1 aliphatic heterocycles. The van der Waals surface area contributed by atoms with E-state index in [0.29, 0.717) is 12.5 Å². The minimum atomic E-state index is -0.437. The van der Waals surface area contributed by atoms with E-state index in [1.807, 2.05) is 35.0 Å². The van der Waals surface area contributed by atoms with Gasteiger partial charge in [0.2, 0.25) is 0 Å². The second kappa shape index (κ2) is 8.67. The van der Waals surface area contributed by atoms with E-state index in [2.05, 4.69) is 41.3 Å². The Bertz CT molecular complexity index is 1060. The van der Waals surface area contributed by atoms with Crippen molar-refractivity contribution in [2.24, 2.45) is 0 Å². The number of likely N-dealkylation sites (tertiary alicyclic amines) is 1. The Morgan fingerprint density at radius 3 is 2.65 bits per heavy atom. The predicted molar refractivity (Wildman–Crippen MR) is 121 cm³/mol. The zero-order chi connectivity index (χ0) is 22.0. The van der Waals surface area contributed by atoms with Crippen molar-refractivity contribution < 1.29 is 9.18 Å². The molecule has 2 aromatic heterocycles. The summed E-state index contributed by atoms with van der Waals surface area (Å²) in [6.45, 7) is 9.06. The molecule has 1 aromatic carbocycles. The molecule has 0 unspecified atom stereocenters. The number of rotatable bonds is 4. The number of carbonyl (C=O) groups is 1. The minimum Gasteiger partial charge on any atom is -0.334 e. The highest BCUT2D eigenvalue weighted by Gasteiger charge is 2.27. The van der Waals surface area contributed by atoms with E-state index in [-0.39, 0.29) is 11.2 Å². The van der Waals surface area contributed by atoms with Crippen LogP contribution in [0.25, 0.3) is 5.65 Å². The molecule has 1 aliphatic rings. The van der Waals surface area contributed by atoms with Crippen LogP contribution in [0.5, 0.6) is 0 Å². The summed E-state index contributed by atoms with van der Waals surface area (Å²) in [7, 11) is 0. The lowest BCUT2D eigenvalue weighted by molar-refractivity contribution is 0.102. The predicted octanol–water partition coefficient (Wildman–Crippen LogP) is 4.77. The van der Waals surface area contributed by atoms with Crippen molar-refractivity contribution in [2.45, 2.75) is 51.6 Å². The number of hydrogen-bond donors (Lipinski definition) is 2. The van der Waals surface area contributed by atoms with Crippen molar-refractivity contribution in [3.8, 4) is 0 Å².